The minimum atomic E-state index is 0.552. The molecule has 66 valence electrons. The van der Waals surface area contributed by atoms with E-state index in [1.807, 2.05) is 11.4 Å². The zero-order chi connectivity index (χ0) is 9.14. The first-order valence-electron chi connectivity index (χ1n) is 4.16. The molecule has 0 amide bonds. The van der Waals surface area contributed by atoms with Crippen LogP contribution in [0.5, 0.6) is 0 Å². The Morgan fingerprint density at radius 2 is 2.25 bits per heavy atom. The first-order valence-corrected chi connectivity index (χ1v) is 5.04. The highest BCUT2D eigenvalue weighted by molar-refractivity contribution is 7.11. The van der Waals surface area contributed by atoms with E-state index in [0.29, 0.717) is 5.92 Å². The van der Waals surface area contributed by atoms with E-state index in [1.165, 1.54) is 10.5 Å². The summed E-state index contributed by atoms with van der Waals surface area (Å²) in [7, 11) is 0. The topological polar surface area (TPSA) is 26.0 Å². The summed E-state index contributed by atoms with van der Waals surface area (Å²) < 4.78 is 0. The van der Waals surface area contributed by atoms with E-state index in [0.717, 1.165) is 5.69 Å². The second kappa shape index (κ2) is 3.76. The Bertz CT molecular complexity index is 284. The van der Waals surface area contributed by atoms with Crippen LogP contribution >= 0.6 is 11.3 Å². The lowest BCUT2D eigenvalue weighted by Gasteiger charge is -2.09. The van der Waals surface area contributed by atoms with E-state index in [1.54, 1.807) is 11.3 Å². The maximum absolute atomic E-state index is 5.82. The van der Waals surface area contributed by atoms with Gasteiger partial charge < -0.3 is 5.73 Å². The van der Waals surface area contributed by atoms with Gasteiger partial charge in [0.2, 0.25) is 0 Å². The molecule has 0 saturated carbocycles. The monoisotopic (exact) mass is 181 g/mol. The van der Waals surface area contributed by atoms with Crippen LogP contribution in [0, 0.1) is 5.92 Å². The number of allylic oxidation sites excluding steroid dienone is 2. The minimum Gasteiger partial charge on any atom is -0.398 e. The highest BCUT2D eigenvalue weighted by Gasteiger charge is 2.09. The van der Waals surface area contributed by atoms with Crippen LogP contribution in [0.1, 0.15) is 25.6 Å². The zero-order valence-electron chi connectivity index (χ0n) is 7.79. The van der Waals surface area contributed by atoms with E-state index >= 15 is 0 Å². The lowest BCUT2D eigenvalue weighted by Crippen LogP contribution is -1.94. The summed E-state index contributed by atoms with van der Waals surface area (Å²) in [4.78, 5) is 1.23. The molecular formula is C10H15NS. The fourth-order valence-electron chi connectivity index (χ4n) is 1.28. The predicted molar refractivity (Wildman–Crippen MR) is 57.2 cm³/mol. The van der Waals surface area contributed by atoms with Crippen molar-refractivity contribution in [3.05, 3.63) is 22.4 Å². The molecule has 0 aromatic carbocycles. The Kier molecular flexibility index (Phi) is 2.93. The van der Waals surface area contributed by atoms with Gasteiger partial charge >= 0.3 is 0 Å². The standard InChI is InChI=1S/C10H15NS/c1-4-8(7(2)3)10-9(11)5-6-12-10/h4-7H,11H2,1-3H3/b8-4+. The van der Waals surface area contributed by atoms with Gasteiger partial charge in [0, 0.05) is 5.69 Å². The second-order valence-electron chi connectivity index (χ2n) is 3.10. The molecule has 0 saturated heterocycles. The molecule has 0 aliphatic heterocycles. The SMILES string of the molecule is C/C=C(/c1sccc1N)C(C)C. The predicted octanol–water partition coefficient (Wildman–Crippen LogP) is 3.39. The maximum Gasteiger partial charge on any atom is 0.0531 e. The van der Waals surface area contributed by atoms with Crippen LogP contribution in [0.2, 0.25) is 0 Å². The summed E-state index contributed by atoms with van der Waals surface area (Å²) in [5, 5.41) is 2.04. The molecule has 1 aromatic heterocycles. The minimum absolute atomic E-state index is 0.552. The molecule has 0 spiro atoms. The number of hydrogen-bond donors (Lipinski definition) is 1. The highest BCUT2D eigenvalue weighted by atomic mass is 32.1. The van der Waals surface area contributed by atoms with Crippen molar-refractivity contribution in [1.29, 1.82) is 0 Å². The molecule has 0 atom stereocenters. The summed E-state index contributed by atoms with van der Waals surface area (Å²) in [5.41, 5.74) is 8.08. The molecule has 0 unspecified atom stereocenters. The summed E-state index contributed by atoms with van der Waals surface area (Å²) >= 11 is 1.72. The van der Waals surface area contributed by atoms with Crippen LogP contribution < -0.4 is 5.73 Å². The van der Waals surface area contributed by atoms with Gasteiger partial charge in [0.1, 0.15) is 0 Å². The van der Waals surface area contributed by atoms with Crippen molar-refractivity contribution < 1.29 is 0 Å². The summed E-state index contributed by atoms with van der Waals surface area (Å²) in [6.07, 6.45) is 2.15. The summed E-state index contributed by atoms with van der Waals surface area (Å²) in [6, 6.07) is 1.96. The van der Waals surface area contributed by atoms with Gasteiger partial charge in [0.05, 0.1) is 4.88 Å². The van der Waals surface area contributed by atoms with E-state index in [-0.39, 0.29) is 0 Å². The molecule has 0 fully saturated rings. The summed E-state index contributed by atoms with van der Waals surface area (Å²) in [5.74, 6) is 0.552. The first-order chi connectivity index (χ1) is 5.66. The van der Waals surface area contributed by atoms with Gasteiger partial charge in [-0.2, -0.15) is 0 Å². The van der Waals surface area contributed by atoms with Crippen molar-refractivity contribution in [2.24, 2.45) is 5.92 Å². The quantitative estimate of drug-likeness (QED) is 0.743. The Labute approximate surface area is 77.9 Å². The molecule has 1 aromatic rings. The largest absolute Gasteiger partial charge is 0.398 e. The van der Waals surface area contributed by atoms with E-state index in [2.05, 4.69) is 26.8 Å². The lowest BCUT2D eigenvalue weighted by molar-refractivity contribution is 0.857. The third-order valence-electron chi connectivity index (χ3n) is 1.89. The van der Waals surface area contributed by atoms with Crippen LogP contribution in [0.4, 0.5) is 5.69 Å². The molecule has 2 N–H and O–H groups in total. The van der Waals surface area contributed by atoms with Crippen molar-refractivity contribution in [3.63, 3.8) is 0 Å². The van der Waals surface area contributed by atoms with Crippen molar-refractivity contribution in [2.45, 2.75) is 20.8 Å². The van der Waals surface area contributed by atoms with Crippen LogP contribution in [-0.2, 0) is 0 Å². The van der Waals surface area contributed by atoms with Gasteiger partial charge in [0.25, 0.3) is 0 Å². The van der Waals surface area contributed by atoms with Gasteiger partial charge in [-0.1, -0.05) is 19.9 Å². The van der Waals surface area contributed by atoms with Crippen LogP contribution in [0.15, 0.2) is 17.5 Å². The summed E-state index contributed by atoms with van der Waals surface area (Å²) in [6.45, 7) is 6.44. The number of nitrogens with two attached hydrogens (primary N) is 1. The van der Waals surface area contributed by atoms with Crippen molar-refractivity contribution >= 4 is 22.6 Å². The average Bonchev–Trinajstić information content (AvgIpc) is 2.38. The Morgan fingerprint density at radius 1 is 1.58 bits per heavy atom. The molecule has 0 radical (unpaired) electrons. The molecule has 1 heterocycles. The first kappa shape index (κ1) is 9.33. The van der Waals surface area contributed by atoms with Gasteiger partial charge in [-0.05, 0) is 29.9 Å². The maximum atomic E-state index is 5.82. The van der Waals surface area contributed by atoms with Crippen LogP contribution in [0.25, 0.3) is 5.57 Å². The molecule has 0 aliphatic carbocycles. The van der Waals surface area contributed by atoms with Gasteiger partial charge in [-0.15, -0.1) is 11.3 Å². The fourth-order valence-corrected chi connectivity index (χ4v) is 2.32. The number of hydrogen-bond acceptors (Lipinski definition) is 2. The number of rotatable bonds is 2. The highest BCUT2D eigenvalue weighted by Crippen LogP contribution is 2.31. The van der Waals surface area contributed by atoms with Crippen LogP contribution in [0.3, 0.4) is 0 Å². The number of anilines is 1. The van der Waals surface area contributed by atoms with E-state index < -0.39 is 0 Å². The van der Waals surface area contributed by atoms with Gasteiger partial charge in [-0.25, -0.2) is 0 Å². The normalized spacial score (nSPS) is 12.5. The molecular weight excluding hydrogens is 166 g/mol. The average molecular weight is 181 g/mol. The molecule has 1 rings (SSSR count). The second-order valence-corrected chi connectivity index (χ2v) is 4.02. The van der Waals surface area contributed by atoms with Crippen LogP contribution in [-0.4, -0.2) is 0 Å². The molecule has 12 heavy (non-hydrogen) atoms. The Morgan fingerprint density at radius 3 is 2.58 bits per heavy atom. The molecule has 0 bridgehead atoms. The molecule has 2 heteroatoms. The van der Waals surface area contributed by atoms with Gasteiger partial charge in [0.15, 0.2) is 0 Å². The van der Waals surface area contributed by atoms with Crippen molar-refractivity contribution in [1.82, 2.24) is 0 Å². The number of thiophene rings is 1. The Hall–Kier alpha value is -0.760. The van der Waals surface area contributed by atoms with E-state index in [4.69, 9.17) is 5.73 Å². The smallest absolute Gasteiger partial charge is 0.0531 e. The van der Waals surface area contributed by atoms with Crippen molar-refractivity contribution in [3.8, 4) is 0 Å². The third kappa shape index (κ3) is 1.69. The lowest BCUT2D eigenvalue weighted by atomic mass is 10.0. The fraction of sp³-hybridized carbons (Fsp3) is 0.400. The zero-order valence-corrected chi connectivity index (χ0v) is 8.61. The van der Waals surface area contributed by atoms with Gasteiger partial charge in [-0.3, -0.25) is 0 Å². The van der Waals surface area contributed by atoms with E-state index in [9.17, 15) is 0 Å². The molecule has 0 aliphatic rings. The third-order valence-corrected chi connectivity index (χ3v) is 2.87. The van der Waals surface area contributed by atoms with Crippen molar-refractivity contribution in [2.75, 3.05) is 5.73 Å². The number of nitrogen functional groups attached to an aromatic ring is 1. The Balaban J connectivity index is 3.04. The molecule has 1 nitrogen and oxygen atoms in total.